The van der Waals surface area contributed by atoms with Gasteiger partial charge in [0.2, 0.25) is 0 Å². The van der Waals surface area contributed by atoms with Crippen molar-refractivity contribution in [3.8, 4) is 0 Å². The molecule has 0 saturated carbocycles. The van der Waals surface area contributed by atoms with Crippen molar-refractivity contribution in [3.05, 3.63) is 23.3 Å². The summed E-state index contributed by atoms with van der Waals surface area (Å²) in [7, 11) is -3.48. The molecule has 1 atom stereocenters. The number of rotatable bonds is 3. The summed E-state index contributed by atoms with van der Waals surface area (Å²) < 4.78 is 39.5. The third-order valence-electron chi connectivity index (χ3n) is 3.97. The zero-order valence-corrected chi connectivity index (χ0v) is 14.3. The molecule has 2 fully saturated rings. The lowest BCUT2D eigenvalue weighted by atomic mass is 10.2. The molecule has 0 aromatic carbocycles. The number of nitrogens with zero attached hydrogens (tertiary/aromatic N) is 4. The Bertz CT molecular complexity index is 640. The van der Waals surface area contributed by atoms with E-state index in [4.69, 9.17) is 9.47 Å². The third-order valence-corrected chi connectivity index (χ3v) is 5.97. The topological polar surface area (TPSA) is 84.9 Å². The number of aromatic nitrogens is 2. The van der Waals surface area contributed by atoms with Gasteiger partial charge in [0.05, 0.1) is 25.5 Å². The molecule has 0 amide bonds. The van der Waals surface area contributed by atoms with E-state index in [0.717, 1.165) is 11.4 Å². The molecule has 0 aliphatic carbocycles. The monoisotopic (exact) mass is 342 g/mol. The molecule has 1 unspecified atom stereocenters. The van der Waals surface area contributed by atoms with Crippen LogP contribution in [0.5, 0.6) is 0 Å². The van der Waals surface area contributed by atoms with Crippen molar-refractivity contribution in [3.63, 3.8) is 0 Å². The second-order valence-corrected chi connectivity index (χ2v) is 7.65. The highest BCUT2D eigenvalue weighted by Gasteiger charge is 2.35. The van der Waals surface area contributed by atoms with E-state index in [-0.39, 0.29) is 12.6 Å². The molecule has 0 radical (unpaired) electrons. The predicted octanol–water partition coefficient (Wildman–Crippen LogP) is 0.0437. The van der Waals surface area contributed by atoms with E-state index in [1.165, 1.54) is 8.61 Å². The number of hydrogen-bond donors (Lipinski definition) is 0. The van der Waals surface area contributed by atoms with Crippen molar-refractivity contribution in [2.24, 2.45) is 0 Å². The molecular weight excluding hydrogens is 320 g/mol. The molecule has 0 N–H and O–H groups in total. The Labute approximate surface area is 136 Å². The summed E-state index contributed by atoms with van der Waals surface area (Å²) in [5.74, 6) is 0.664. The van der Waals surface area contributed by atoms with Crippen LogP contribution in [0.15, 0.2) is 6.07 Å². The summed E-state index contributed by atoms with van der Waals surface area (Å²) in [5.41, 5.74) is 1.58. The van der Waals surface area contributed by atoms with Crippen LogP contribution in [0, 0.1) is 13.8 Å². The molecule has 3 rings (SSSR count). The van der Waals surface area contributed by atoms with E-state index in [1.807, 2.05) is 19.9 Å². The third kappa shape index (κ3) is 3.69. The smallest absolute Gasteiger partial charge is 0.282 e. The van der Waals surface area contributed by atoms with Gasteiger partial charge in [-0.25, -0.2) is 9.97 Å². The number of hydrogen-bond acceptors (Lipinski definition) is 6. The van der Waals surface area contributed by atoms with Crippen LogP contribution < -0.4 is 0 Å². The average molecular weight is 342 g/mol. The first kappa shape index (κ1) is 16.7. The summed E-state index contributed by atoms with van der Waals surface area (Å²) in [6.45, 7) is 6.39. The predicted molar refractivity (Wildman–Crippen MR) is 83.1 cm³/mol. The minimum atomic E-state index is -3.48. The molecule has 0 spiro atoms. The summed E-state index contributed by atoms with van der Waals surface area (Å²) >= 11 is 0. The van der Waals surface area contributed by atoms with Crippen molar-refractivity contribution in [1.82, 2.24) is 18.6 Å². The standard InChI is InChI=1S/C14H22N4O4S/c1-11-9-13(16-12(2)15-11)14-10-18(5-8-22-14)23(19,20)17-3-6-21-7-4-17/h9,14H,3-8,10H2,1-2H3. The lowest BCUT2D eigenvalue weighted by molar-refractivity contribution is -0.00862. The molecule has 2 saturated heterocycles. The van der Waals surface area contributed by atoms with Gasteiger partial charge in [0.25, 0.3) is 10.2 Å². The van der Waals surface area contributed by atoms with Gasteiger partial charge in [-0.3, -0.25) is 0 Å². The Morgan fingerprint density at radius 1 is 1.09 bits per heavy atom. The minimum Gasteiger partial charge on any atom is -0.379 e. The lowest BCUT2D eigenvalue weighted by Gasteiger charge is -2.36. The number of aryl methyl sites for hydroxylation is 2. The first-order valence-corrected chi connectivity index (χ1v) is 9.13. The van der Waals surface area contributed by atoms with E-state index in [1.54, 1.807) is 0 Å². The maximum Gasteiger partial charge on any atom is 0.282 e. The van der Waals surface area contributed by atoms with Gasteiger partial charge in [-0.15, -0.1) is 0 Å². The highest BCUT2D eigenvalue weighted by atomic mass is 32.2. The van der Waals surface area contributed by atoms with Crippen LogP contribution in [0.2, 0.25) is 0 Å². The lowest BCUT2D eigenvalue weighted by Crippen LogP contribution is -2.52. The molecule has 3 heterocycles. The Morgan fingerprint density at radius 2 is 1.78 bits per heavy atom. The van der Waals surface area contributed by atoms with Crippen LogP contribution in [-0.2, 0) is 19.7 Å². The van der Waals surface area contributed by atoms with Gasteiger partial charge >= 0.3 is 0 Å². The second-order valence-electron chi connectivity index (χ2n) is 5.72. The molecular formula is C14H22N4O4S. The van der Waals surface area contributed by atoms with Gasteiger partial charge in [-0.1, -0.05) is 0 Å². The summed E-state index contributed by atoms with van der Waals surface area (Å²) in [5, 5.41) is 0. The fourth-order valence-electron chi connectivity index (χ4n) is 2.87. The fourth-order valence-corrected chi connectivity index (χ4v) is 4.43. The van der Waals surface area contributed by atoms with E-state index < -0.39 is 10.2 Å². The van der Waals surface area contributed by atoms with Crippen molar-refractivity contribution in [2.45, 2.75) is 20.0 Å². The van der Waals surface area contributed by atoms with Crippen molar-refractivity contribution < 1.29 is 17.9 Å². The highest BCUT2D eigenvalue weighted by Crippen LogP contribution is 2.24. The molecule has 1 aromatic rings. The first-order chi connectivity index (χ1) is 11.0. The van der Waals surface area contributed by atoms with Crippen molar-refractivity contribution in [1.29, 1.82) is 0 Å². The minimum absolute atomic E-state index is 0.273. The van der Waals surface area contributed by atoms with Gasteiger partial charge in [0.1, 0.15) is 11.9 Å². The molecule has 0 bridgehead atoms. The van der Waals surface area contributed by atoms with Gasteiger partial charge in [-0.2, -0.15) is 17.0 Å². The molecule has 8 nitrogen and oxygen atoms in total. The van der Waals surface area contributed by atoms with Crippen molar-refractivity contribution in [2.75, 3.05) is 46.0 Å². The zero-order valence-electron chi connectivity index (χ0n) is 13.4. The van der Waals surface area contributed by atoms with Crippen LogP contribution in [0.1, 0.15) is 23.3 Å². The fraction of sp³-hybridized carbons (Fsp3) is 0.714. The summed E-state index contributed by atoms with van der Waals surface area (Å²) in [6.07, 6.45) is -0.361. The normalized spacial score (nSPS) is 24.7. The van der Waals surface area contributed by atoms with Gasteiger partial charge in [0.15, 0.2) is 0 Å². The average Bonchev–Trinajstić information content (AvgIpc) is 2.55. The maximum absolute atomic E-state index is 12.8. The van der Waals surface area contributed by atoms with E-state index in [2.05, 4.69) is 9.97 Å². The molecule has 23 heavy (non-hydrogen) atoms. The molecule has 2 aliphatic heterocycles. The van der Waals surface area contributed by atoms with Gasteiger partial charge < -0.3 is 9.47 Å². The van der Waals surface area contributed by atoms with E-state index >= 15 is 0 Å². The molecule has 128 valence electrons. The van der Waals surface area contributed by atoms with Crippen LogP contribution in [0.4, 0.5) is 0 Å². The van der Waals surface area contributed by atoms with Gasteiger partial charge in [0, 0.05) is 31.9 Å². The molecule has 1 aromatic heterocycles. The SMILES string of the molecule is Cc1cc(C2CN(S(=O)(=O)N3CCOCC3)CCO2)nc(C)n1. The summed E-state index contributed by atoms with van der Waals surface area (Å²) in [6, 6.07) is 1.85. The van der Waals surface area contributed by atoms with Crippen molar-refractivity contribution >= 4 is 10.2 Å². The number of ether oxygens (including phenoxy) is 2. The zero-order chi connectivity index (χ0) is 16.4. The van der Waals surface area contributed by atoms with E-state index in [0.29, 0.717) is 45.3 Å². The second kappa shape index (κ2) is 6.78. The van der Waals surface area contributed by atoms with Crippen LogP contribution in [0.3, 0.4) is 0 Å². The number of morpholine rings is 2. The first-order valence-electron chi connectivity index (χ1n) is 7.73. The highest BCUT2D eigenvalue weighted by molar-refractivity contribution is 7.86. The quantitative estimate of drug-likeness (QED) is 0.771. The Kier molecular flexibility index (Phi) is 4.93. The van der Waals surface area contributed by atoms with E-state index in [9.17, 15) is 8.42 Å². The van der Waals surface area contributed by atoms with Crippen LogP contribution >= 0.6 is 0 Å². The Hall–Kier alpha value is -1.13. The summed E-state index contributed by atoms with van der Waals surface area (Å²) in [4.78, 5) is 8.65. The van der Waals surface area contributed by atoms with Gasteiger partial charge in [-0.05, 0) is 19.9 Å². The molecule has 9 heteroatoms. The van der Waals surface area contributed by atoms with Crippen LogP contribution in [-0.4, -0.2) is 73.0 Å². The molecule has 2 aliphatic rings. The maximum atomic E-state index is 12.8. The Balaban J connectivity index is 1.77. The van der Waals surface area contributed by atoms with Crippen LogP contribution in [0.25, 0.3) is 0 Å². The Morgan fingerprint density at radius 3 is 2.48 bits per heavy atom. The largest absolute Gasteiger partial charge is 0.379 e.